The molecule has 0 spiro atoms. The zero-order chi connectivity index (χ0) is 33.4. The molecule has 47 heavy (non-hydrogen) atoms. The summed E-state index contributed by atoms with van der Waals surface area (Å²) in [7, 11) is -3.92. The average molecular weight is 663 g/mol. The minimum atomic E-state index is -3.92. The van der Waals surface area contributed by atoms with Gasteiger partial charge in [-0.3, -0.25) is 4.72 Å². The fraction of sp³-hybridized carbons (Fsp3) is 0.412. The Kier molecular flexibility index (Phi) is 8.68. The summed E-state index contributed by atoms with van der Waals surface area (Å²) in [4.78, 5) is 28.1. The third-order valence-corrected chi connectivity index (χ3v) is 10.5. The molecule has 2 aromatic heterocycles. The number of sulfonamides is 1. The fourth-order valence-electron chi connectivity index (χ4n) is 5.64. The molecule has 2 aromatic carbocycles. The van der Waals surface area contributed by atoms with E-state index in [1.165, 1.54) is 0 Å². The van der Waals surface area contributed by atoms with Crippen LogP contribution in [0, 0.1) is 6.92 Å². The van der Waals surface area contributed by atoms with Crippen molar-refractivity contribution in [2.75, 3.05) is 29.8 Å². The Morgan fingerprint density at radius 1 is 1.06 bits per heavy atom. The Morgan fingerprint density at radius 3 is 2.62 bits per heavy atom. The summed E-state index contributed by atoms with van der Waals surface area (Å²) in [6.45, 7) is 7.62. The van der Waals surface area contributed by atoms with Crippen molar-refractivity contribution in [2.24, 2.45) is 0 Å². The lowest BCUT2D eigenvalue weighted by Crippen LogP contribution is -2.47. The van der Waals surface area contributed by atoms with Gasteiger partial charge in [-0.05, 0) is 83.2 Å². The van der Waals surface area contributed by atoms with Crippen LogP contribution in [0.4, 0.5) is 20.8 Å². The molecule has 2 fully saturated rings. The molecule has 1 amide bonds. The Bertz CT molecular complexity index is 1910. The van der Waals surface area contributed by atoms with Crippen LogP contribution in [0.3, 0.4) is 0 Å². The number of pyridine rings is 1. The van der Waals surface area contributed by atoms with Crippen LogP contribution in [-0.4, -0.2) is 70.5 Å². The highest BCUT2D eigenvalue weighted by molar-refractivity contribution is 7.94. The van der Waals surface area contributed by atoms with Crippen molar-refractivity contribution in [2.45, 2.75) is 69.8 Å². The number of carbonyl (C=O) groups excluding carboxylic acids is 1. The molecule has 13 heteroatoms. The summed E-state index contributed by atoms with van der Waals surface area (Å²) in [5, 5.41) is 4.66. The normalized spacial score (nSPS) is 17.6. The Balaban J connectivity index is 1.25. The highest BCUT2D eigenvalue weighted by atomic mass is 32.2. The molecule has 0 unspecified atom stereocenters. The van der Waals surface area contributed by atoms with Gasteiger partial charge in [0, 0.05) is 42.3 Å². The standard InChI is InChI=1S/C34H39FN6O5S/c1-22-12-13-24-25(9-5-11-28(24)40-47(43,44)34(21-35)15-16-34)29(22)45-30-26(10-6-17-36-30)27-14-18-37-31(39-27)38-23-8-7-19-41(20-23)32(42)46-33(2,3)4/h5-6,9-14,17-18,23,40H,7-8,15-16,19-21H2,1-4H3,(H,37,38,39)/t23-/m0/s1. The molecule has 1 aliphatic heterocycles. The maximum Gasteiger partial charge on any atom is 0.410 e. The number of aryl methyl sites for hydroxylation is 1. The number of nitrogens with zero attached hydrogens (tertiary/aromatic N) is 4. The highest BCUT2D eigenvalue weighted by Crippen LogP contribution is 2.45. The van der Waals surface area contributed by atoms with Crippen LogP contribution in [0.2, 0.25) is 0 Å². The first-order valence-electron chi connectivity index (χ1n) is 15.7. The van der Waals surface area contributed by atoms with Crippen molar-refractivity contribution in [1.82, 2.24) is 19.9 Å². The number of fused-ring (bicyclic) bond motifs is 1. The van der Waals surface area contributed by atoms with Gasteiger partial charge in [0.1, 0.15) is 22.8 Å². The van der Waals surface area contributed by atoms with Gasteiger partial charge >= 0.3 is 6.09 Å². The number of hydrogen-bond donors (Lipinski definition) is 2. The highest BCUT2D eigenvalue weighted by Gasteiger charge is 2.55. The van der Waals surface area contributed by atoms with Crippen molar-refractivity contribution < 1.29 is 27.1 Å². The largest absolute Gasteiger partial charge is 0.444 e. The molecular formula is C34H39FN6O5S. The molecule has 6 rings (SSSR count). The number of piperidine rings is 1. The monoisotopic (exact) mass is 662 g/mol. The maximum atomic E-state index is 13.6. The van der Waals surface area contributed by atoms with E-state index in [9.17, 15) is 17.6 Å². The summed E-state index contributed by atoms with van der Waals surface area (Å²) >= 11 is 0. The van der Waals surface area contributed by atoms with Gasteiger partial charge in [0.05, 0.1) is 16.9 Å². The van der Waals surface area contributed by atoms with Gasteiger partial charge in [-0.15, -0.1) is 0 Å². The second-order valence-electron chi connectivity index (χ2n) is 13.2. The van der Waals surface area contributed by atoms with Crippen LogP contribution < -0.4 is 14.8 Å². The van der Waals surface area contributed by atoms with Gasteiger partial charge in [-0.25, -0.2) is 32.6 Å². The van der Waals surface area contributed by atoms with E-state index >= 15 is 0 Å². The van der Waals surface area contributed by atoms with Gasteiger partial charge in [-0.2, -0.15) is 0 Å². The van der Waals surface area contributed by atoms with E-state index in [-0.39, 0.29) is 12.1 Å². The van der Waals surface area contributed by atoms with Crippen LogP contribution in [0.25, 0.3) is 22.0 Å². The van der Waals surface area contributed by atoms with Crippen LogP contribution in [0.5, 0.6) is 11.6 Å². The summed E-state index contributed by atoms with van der Waals surface area (Å²) in [5.74, 6) is 1.22. The molecular weight excluding hydrogens is 623 g/mol. The molecule has 2 N–H and O–H groups in total. The lowest BCUT2D eigenvalue weighted by molar-refractivity contribution is 0.0206. The van der Waals surface area contributed by atoms with E-state index in [4.69, 9.17) is 14.5 Å². The molecule has 1 atom stereocenters. The zero-order valence-electron chi connectivity index (χ0n) is 26.9. The number of benzene rings is 2. The first-order chi connectivity index (χ1) is 22.4. The van der Waals surface area contributed by atoms with Crippen LogP contribution in [0.1, 0.15) is 52.0 Å². The van der Waals surface area contributed by atoms with Gasteiger partial charge in [0.25, 0.3) is 0 Å². The number of hydrogen-bond acceptors (Lipinski definition) is 9. The summed E-state index contributed by atoms with van der Waals surface area (Å²) in [6.07, 6.45) is 5.20. The lowest BCUT2D eigenvalue weighted by Gasteiger charge is -2.34. The average Bonchev–Trinajstić information content (AvgIpc) is 3.85. The first kappa shape index (κ1) is 32.4. The Hall–Kier alpha value is -4.52. The van der Waals surface area contributed by atoms with E-state index < -0.39 is 27.0 Å². The third kappa shape index (κ3) is 6.95. The predicted octanol–water partition coefficient (Wildman–Crippen LogP) is 6.85. The number of anilines is 2. The summed E-state index contributed by atoms with van der Waals surface area (Å²) in [6, 6.07) is 14.3. The fourth-order valence-corrected chi connectivity index (χ4v) is 7.11. The number of likely N-dealkylation sites (tertiary alicyclic amines) is 1. The van der Waals surface area contributed by atoms with Crippen molar-refractivity contribution in [3.63, 3.8) is 0 Å². The smallest absolute Gasteiger partial charge is 0.410 e. The topological polar surface area (TPSA) is 136 Å². The van der Waals surface area contributed by atoms with Crippen LogP contribution in [0.15, 0.2) is 60.9 Å². The van der Waals surface area contributed by atoms with E-state index in [1.54, 1.807) is 41.6 Å². The third-order valence-electron chi connectivity index (χ3n) is 8.38. The van der Waals surface area contributed by atoms with E-state index in [1.807, 2.05) is 52.0 Å². The zero-order valence-corrected chi connectivity index (χ0v) is 27.7. The first-order valence-corrected chi connectivity index (χ1v) is 17.2. The predicted molar refractivity (Wildman–Crippen MR) is 179 cm³/mol. The molecule has 248 valence electrons. The minimum absolute atomic E-state index is 0.0548. The van der Waals surface area contributed by atoms with Crippen molar-refractivity contribution in [3.05, 3.63) is 66.5 Å². The number of halogens is 1. The van der Waals surface area contributed by atoms with Crippen molar-refractivity contribution >= 4 is 38.5 Å². The summed E-state index contributed by atoms with van der Waals surface area (Å²) in [5.41, 5.74) is 1.81. The van der Waals surface area contributed by atoms with Gasteiger partial charge < -0.3 is 19.7 Å². The Morgan fingerprint density at radius 2 is 1.87 bits per heavy atom. The molecule has 1 aliphatic carbocycles. The maximum absolute atomic E-state index is 13.6. The second kappa shape index (κ2) is 12.6. The molecule has 4 aromatic rings. The quantitative estimate of drug-likeness (QED) is 0.197. The van der Waals surface area contributed by atoms with Crippen LogP contribution >= 0.6 is 0 Å². The molecule has 0 radical (unpaired) electrons. The van der Waals surface area contributed by atoms with Gasteiger partial charge in [0.2, 0.25) is 21.9 Å². The molecule has 1 saturated carbocycles. The second-order valence-corrected chi connectivity index (χ2v) is 15.2. The number of alkyl halides is 1. The summed E-state index contributed by atoms with van der Waals surface area (Å²) < 4.78 is 53.0. The van der Waals surface area contributed by atoms with Gasteiger partial charge in [0.15, 0.2) is 0 Å². The van der Waals surface area contributed by atoms with E-state index in [2.05, 4.69) is 20.0 Å². The number of rotatable bonds is 9. The molecule has 2 aliphatic rings. The number of aromatic nitrogens is 3. The number of amides is 1. The Labute approximate surface area is 274 Å². The number of ether oxygens (including phenoxy) is 2. The van der Waals surface area contributed by atoms with E-state index in [0.717, 1.165) is 18.4 Å². The molecule has 3 heterocycles. The number of nitrogens with one attached hydrogen (secondary N) is 2. The van der Waals surface area contributed by atoms with E-state index in [0.29, 0.717) is 71.2 Å². The van der Waals surface area contributed by atoms with Gasteiger partial charge in [-0.1, -0.05) is 24.3 Å². The van der Waals surface area contributed by atoms with Crippen molar-refractivity contribution in [1.29, 1.82) is 0 Å². The molecule has 1 saturated heterocycles. The molecule has 11 nitrogen and oxygen atoms in total. The minimum Gasteiger partial charge on any atom is -0.444 e. The number of carbonyl (C=O) groups is 1. The lowest BCUT2D eigenvalue weighted by atomic mass is 10.0. The van der Waals surface area contributed by atoms with Crippen molar-refractivity contribution in [3.8, 4) is 22.9 Å². The SMILES string of the molecule is Cc1ccc2c(NS(=O)(=O)C3(CF)CC3)cccc2c1Oc1ncccc1-c1ccnc(N[C@H]2CCCN(C(=O)OC(C)(C)C)C2)n1. The molecule has 0 bridgehead atoms. The van der Waals surface area contributed by atoms with Crippen LogP contribution in [-0.2, 0) is 14.8 Å².